The lowest BCUT2D eigenvalue weighted by molar-refractivity contribution is 0.309. The molecule has 2 aromatic rings. The summed E-state index contributed by atoms with van der Waals surface area (Å²) in [6, 6.07) is 10.1. The van der Waals surface area contributed by atoms with Crippen molar-refractivity contribution in [2.45, 2.75) is 18.0 Å². The minimum Gasteiger partial charge on any atom is -0.302 e. The lowest BCUT2D eigenvalue weighted by Crippen LogP contribution is -2.28. The Morgan fingerprint density at radius 1 is 1.36 bits per heavy atom. The summed E-state index contributed by atoms with van der Waals surface area (Å²) in [5.41, 5.74) is 4.74. The molecule has 112 valence electrons. The zero-order valence-electron chi connectivity index (χ0n) is 12.6. The number of nitriles is 1. The Kier molecular flexibility index (Phi) is 4.39. The van der Waals surface area contributed by atoms with Crippen molar-refractivity contribution in [1.29, 1.82) is 5.26 Å². The van der Waals surface area contributed by atoms with E-state index < -0.39 is 0 Å². The van der Waals surface area contributed by atoms with Crippen LogP contribution in [0.15, 0.2) is 29.3 Å². The standard InChI is InChI=1S/C17H16ClN3S/c1-21-8-7-15-13(10-21)16(11-5-3-4-6-14(11)18)12(9-19)17(20-15)22-2/h3-6H,7-8,10H2,1-2H3. The third-order valence-corrected chi connectivity index (χ3v) is 4.97. The molecular formula is C17H16ClN3S. The Bertz CT molecular complexity index is 767. The Morgan fingerprint density at radius 3 is 2.82 bits per heavy atom. The molecule has 1 aliphatic rings. The molecule has 0 unspecified atom stereocenters. The normalized spacial score (nSPS) is 14.5. The first-order valence-electron chi connectivity index (χ1n) is 7.09. The van der Waals surface area contributed by atoms with Gasteiger partial charge in [-0.2, -0.15) is 5.26 Å². The SMILES string of the molecule is CSc1nc2c(c(-c3ccccc3Cl)c1C#N)CN(C)CC2. The molecule has 2 heterocycles. The number of halogens is 1. The van der Waals surface area contributed by atoms with Crippen LogP contribution in [0.1, 0.15) is 16.8 Å². The number of fused-ring (bicyclic) bond motifs is 1. The van der Waals surface area contributed by atoms with E-state index in [0.717, 1.165) is 46.9 Å². The zero-order chi connectivity index (χ0) is 15.7. The molecule has 0 saturated carbocycles. The van der Waals surface area contributed by atoms with Gasteiger partial charge in [0.2, 0.25) is 0 Å². The van der Waals surface area contributed by atoms with Gasteiger partial charge in [-0.25, -0.2) is 4.98 Å². The molecule has 1 aliphatic heterocycles. The second kappa shape index (κ2) is 6.29. The van der Waals surface area contributed by atoms with Crippen molar-refractivity contribution in [2.24, 2.45) is 0 Å². The number of nitrogens with zero attached hydrogens (tertiary/aromatic N) is 3. The fraction of sp³-hybridized carbons (Fsp3) is 0.294. The number of hydrogen-bond donors (Lipinski definition) is 0. The minimum atomic E-state index is 0.634. The van der Waals surface area contributed by atoms with E-state index in [0.29, 0.717) is 10.6 Å². The summed E-state index contributed by atoms with van der Waals surface area (Å²) in [6.45, 7) is 1.79. The summed E-state index contributed by atoms with van der Waals surface area (Å²) in [6.07, 6.45) is 2.86. The smallest absolute Gasteiger partial charge is 0.114 e. The molecule has 0 radical (unpaired) electrons. The third kappa shape index (κ3) is 2.61. The highest BCUT2D eigenvalue weighted by molar-refractivity contribution is 7.98. The largest absolute Gasteiger partial charge is 0.302 e. The summed E-state index contributed by atoms with van der Waals surface area (Å²) in [4.78, 5) is 6.98. The summed E-state index contributed by atoms with van der Waals surface area (Å²) in [7, 11) is 2.09. The third-order valence-electron chi connectivity index (χ3n) is 3.96. The van der Waals surface area contributed by atoms with Crippen LogP contribution in [0.4, 0.5) is 0 Å². The van der Waals surface area contributed by atoms with Crippen LogP contribution in [-0.2, 0) is 13.0 Å². The molecular weight excluding hydrogens is 314 g/mol. The summed E-state index contributed by atoms with van der Waals surface area (Å²) >= 11 is 7.93. The topological polar surface area (TPSA) is 39.9 Å². The molecule has 0 amide bonds. The van der Waals surface area contributed by atoms with Gasteiger partial charge in [0.05, 0.1) is 5.56 Å². The van der Waals surface area contributed by atoms with Crippen LogP contribution < -0.4 is 0 Å². The Hall–Kier alpha value is -1.54. The first kappa shape index (κ1) is 15.4. The first-order chi connectivity index (χ1) is 10.7. The number of pyridine rings is 1. The number of likely N-dealkylation sites (N-methyl/N-ethyl adjacent to an activating group) is 1. The summed E-state index contributed by atoms with van der Waals surface area (Å²) < 4.78 is 0. The van der Waals surface area contributed by atoms with Crippen molar-refractivity contribution in [3.05, 3.63) is 46.1 Å². The Balaban J connectivity index is 2.35. The van der Waals surface area contributed by atoms with Crippen molar-refractivity contribution in [2.75, 3.05) is 19.8 Å². The van der Waals surface area contributed by atoms with E-state index in [-0.39, 0.29) is 0 Å². The number of thioether (sulfide) groups is 1. The second-order valence-electron chi connectivity index (χ2n) is 5.38. The molecule has 0 aliphatic carbocycles. The van der Waals surface area contributed by atoms with Crippen LogP contribution in [0.3, 0.4) is 0 Å². The molecule has 0 atom stereocenters. The van der Waals surface area contributed by atoms with Crippen LogP contribution in [0, 0.1) is 11.3 Å². The summed E-state index contributed by atoms with van der Waals surface area (Å²) in [5, 5.41) is 11.2. The quantitative estimate of drug-likeness (QED) is 0.781. The van der Waals surface area contributed by atoms with E-state index in [2.05, 4.69) is 18.0 Å². The van der Waals surface area contributed by atoms with Crippen molar-refractivity contribution in [1.82, 2.24) is 9.88 Å². The highest BCUT2D eigenvalue weighted by Gasteiger charge is 2.25. The number of aromatic nitrogens is 1. The summed E-state index contributed by atoms with van der Waals surface area (Å²) in [5.74, 6) is 0. The molecule has 0 N–H and O–H groups in total. The predicted octanol–water partition coefficient (Wildman–Crippen LogP) is 3.98. The zero-order valence-corrected chi connectivity index (χ0v) is 14.1. The van der Waals surface area contributed by atoms with Gasteiger partial charge in [-0.15, -0.1) is 11.8 Å². The molecule has 0 bridgehead atoms. The highest BCUT2D eigenvalue weighted by atomic mass is 35.5. The van der Waals surface area contributed by atoms with Gasteiger partial charge in [0.1, 0.15) is 11.1 Å². The first-order valence-corrected chi connectivity index (χ1v) is 8.69. The molecule has 22 heavy (non-hydrogen) atoms. The van der Waals surface area contributed by atoms with E-state index in [1.54, 1.807) is 0 Å². The number of benzene rings is 1. The van der Waals surface area contributed by atoms with E-state index in [1.165, 1.54) is 11.8 Å². The molecule has 1 aromatic carbocycles. The fourth-order valence-electron chi connectivity index (χ4n) is 2.88. The lowest BCUT2D eigenvalue weighted by Gasteiger charge is -2.28. The average Bonchev–Trinajstić information content (AvgIpc) is 2.53. The molecule has 1 aromatic heterocycles. The van der Waals surface area contributed by atoms with E-state index >= 15 is 0 Å². The lowest BCUT2D eigenvalue weighted by atomic mass is 9.92. The van der Waals surface area contributed by atoms with E-state index in [4.69, 9.17) is 16.6 Å². The molecule has 3 rings (SSSR count). The van der Waals surface area contributed by atoms with Crippen LogP contribution in [0.2, 0.25) is 5.02 Å². The van der Waals surface area contributed by atoms with Gasteiger partial charge in [-0.3, -0.25) is 0 Å². The van der Waals surface area contributed by atoms with Gasteiger partial charge in [0.25, 0.3) is 0 Å². The van der Waals surface area contributed by atoms with Crippen molar-refractivity contribution < 1.29 is 0 Å². The maximum absolute atomic E-state index is 9.69. The fourth-order valence-corrected chi connectivity index (χ4v) is 3.67. The molecule has 0 saturated heterocycles. The van der Waals surface area contributed by atoms with E-state index in [1.807, 2.05) is 30.5 Å². The van der Waals surface area contributed by atoms with Crippen LogP contribution in [0.5, 0.6) is 0 Å². The second-order valence-corrected chi connectivity index (χ2v) is 6.58. The minimum absolute atomic E-state index is 0.634. The number of rotatable bonds is 2. The van der Waals surface area contributed by atoms with Gasteiger partial charge in [0, 0.05) is 41.4 Å². The maximum Gasteiger partial charge on any atom is 0.114 e. The van der Waals surface area contributed by atoms with Crippen LogP contribution in [0.25, 0.3) is 11.1 Å². The molecule has 5 heteroatoms. The predicted molar refractivity (Wildman–Crippen MR) is 91.2 cm³/mol. The molecule has 3 nitrogen and oxygen atoms in total. The molecule has 0 fully saturated rings. The average molecular weight is 330 g/mol. The van der Waals surface area contributed by atoms with Crippen molar-refractivity contribution in [3.63, 3.8) is 0 Å². The van der Waals surface area contributed by atoms with Gasteiger partial charge in [-0.05, 0) is 24.9 Å². The molecule has 0 spiro atoms. The van der Waals surface area contributed by atoms with Crippen molar-refractivity contribution >= 4 is 23.4 Å². The van der Waals surface area contributed by atoms with Crippen LogP contribution in [-0.4, -0.2) is 29.7 Å². The van der Waals surface area contributed by atoms with Gasteiger partial charge >= 0.3 is 0 Å². The van der Waals surface area contributed by atoms with Crippen LogP contribution >= 0.6 is 23.4 Å². The monoisotopic (exact) mass is 329 g/mol. The highest BCUT2D eigenvalue weighted by Crippen LogP contribution is 2.39. The van der Waals surface area contributed by atoms with E-state index in [9.17, 15) is 5.26 Å². The Morgan fingerprint density at radius 2 is 2.14 bits per heavy atom. The van der Waals surface area contributed by atoms with Gasteiger partial charge < -0.3 is 4.90 Å². The number of hydrogen-bond acceptors (Lipinski definition) is 4. The van der Waals surface area contributed by atoms with Gasteiger partial charge in [-0.1, -0.05) is 29.8 Å². The Labute approximate surface area is 139 Å². The van der Waals surface area contributed by atoms with Crippen molar-refractivity contribution in [3.8, 4) is 17.2 Å². The maximum atomic E-state index is 9.69. The van der Waals surface area contributed by atoms with Gasteiger partial charge in [0.15, 0.2) is 0 Å².